The van der Waals surface area contributed by atoms with Gasteiger partial charge in [0.25, 0.3) is 0 Å². The molecular weight excluding hydrogens is 248 g/mol. The minimum absolute atomic E-state index is 0.633. The Labute approximate surface area is 126 Å². The molecule has 0 aromatic carbocycles. The Hall–Kier alpha value is -0.120. The van der Waals surface area contributed by atoms with E-state index in [0.717, 1.165) is 32.2 Å². The van der Waals surface area contributed by atoms with Crippen LogP contribution >= 0.6 is 0 Å². The van der Waals surface area contributed by atoms with Crippen LogP contribution in [-0.2, 0) is 4.74 Å². The monoisotopic (exact) mass is 284 g/mol. The lowest BCUT2D eigenvalue weighted by Crippen LogP contribution is -2.58. The Bertz CT molecular complexity index is 243. The Balaban J connectivity index is 2.40. The highest BCUT2D eigenvalue weighted by molar-refractivity contribution is 4.87. The van der Waals surface area contributed by atoms with E-state index in [-0.39, 0.29) is 0 Å². The first-order valence-corrected chi connectivity index (χ1v) is 8.59. The van der Waals surface area contributed by atoms with Gasteiger partial charge in [-0.15, -0.1) is 0 Å². The molecule has 0 amide bonds. The summed E-state index contributed by atoms with van der Waals surface area (Å²) in [7, 11) is 0. The van der Waals surface area contributed by atoms with Gasteiger partial charge >= 0.3 is 0 Å². The molecule has 0 bridgehead atoms. The van der Waals surface area contributed by atoms with Crippen molar-refractivity contribution in [1.29, 1.82) is 0 Å². The van der Waals surface area contributed by atoms with Crippen molar-refractivity contribution in [1.82, 2.24) is 10.2 Å². The molecular formula is C17H36N2O. The van der Waals surface area contributed by atoms with Crippen molar-refractivity contribution in [2.45, 2.75) is 66.0 Å². The molecule has 2 atom stereocenters. The average Bonchev–Trinajstić information content (AvgIpc) is 2.39. The molecule has 1 N–H and O–H groups in total. The number of hydrogen-bond donors (Lipinski definition) is 1. The lowest BCUT2D eigenvalue weighted by atomic mass is 9.95. The van der Waals surface area contributed by atoms with E-state index in [4.69, 9.17) is 4.74 Å². The van der Waals surface area contributed by atoms with E-state index in [1.54, 1.807) is 0 Å². The number of nitrogens with one attached hydrogen (secondary N) is 1. The molecule has 0 radical (unpaired) electrons. The third-order valence-corrected chi connectivity index (χ3v) is 4.28. The van der Waals surface area contributed by atoms with Crippen LogP contribution in [0, 0.1) is 11.8 Å². The zero-order chi connectivity index (χ0) is 15.0. The van der Waals surface area contributed by atoms with Crippen LogP contribution in [-0.4, -0.2) is 49.8 Å². The first kappa shape index (κ1) is 17.9. The van der Waals surface area contributed by atoms with E-state index >= 15 is 0 Å². The van der Waals surface area contributed by atoms with Crippen molar-refractivity contribution in [3.05, 3.63) is 0 Å². The lowest BCUT2D eigenvalue weighted by Gasteiger charge is -2.42. The van der Waals surface area contributed by atoms with E-state index in [1.807, 2.05) is 0 Å². The molecule has 1 rings (SSSR count). The summed E-state index contributed by atoms with van der Waals surface area (Å²) in [6.45, 7) is 16.7. The van der Waals surface area contributed by atoms with Gasteiger partial charge in [0.15, 0.2) is 0 Å². The summed E-state index contributed by atoms with van der Waals surface area (Å²) in [5, 5.41) is 3.73. The number of ether oxygens (including phenoxy) is 1. The molecule has 2 unspecified atom stereocenters. The molecule has 0 aromatic heterocycles. The highest BCUT2D eigenvalue weighted by Gasteiger charge is 2.29. The predicted molar refractivity (Wildman–Crippen MR) is 87.2 cm³/mol. The van der Waals surface area contributed by atoms with Crippen molar-refractivity contribution in [3.63, 3.8) is 0 Å². The van der Waals surface area contributed by atoms with Crippen molar-refractivity contribution in [3.8, 4) is 0 Å². The zero-order valence-electron chi connectivity index (χ0n) is 14.3. The number of hydrogen-bond acceptors (Lipinski definition) is 3. The van der Waals surface area contributed by atoms with Gasteiger partial charge in [0, 0.05) is 38.3 Å². The average molecular weight is 284 g/mol. The summed E-state index contributed by atoms with van der Waals surface area (Å²) >= 11 is 0. The van der Waals surface area contributed by atoms with Crippen molar-refractivity contribution in [2.75, 3.05) is 32.8 Å². The van der Waals surface area contributed by atoms with Gasteiger partial charge in [0.2, 0.25) is 0 Å². The second-order valence-electron chi connectivity index (χ2n) is 7.00. The quantitative estimate of drug-likeness (QED) is 0.658. The van der Waals surface area contributed by atoms with E-state index in [1.165, 1.54) is 25.8 Å². The summed E-state index contributed by atoms with van der Waals surface area (Å²) in [5.74, 6) is 1.47. The summed E-state index contributed by atoms with van der Waals surface area (Å²) in [4.78, 5) is 2.66. The smallest absolute Gasteiger partial charge is 0.0593 e. The second kappa shape index (κ2) is 9.75. The van der Waals surface area contributed by atoms with Crippen LogP contribution in [0.15, 0.2) is 0 Å². The van der Waals surface area contributed by atoms with Crippen LogP contribution in [0.2, 0.25) is 0 Å². The van der Waals surface area contributed by atoms with E-state index in [2.05, 4.69) is 44.8 Å². The molecule has 120 valence electrons. The lowest BCUT2D eigenvalue weighted by molar-refractivity contribution is 0.0513. The predicted octanol–water partition coefficient (Wildman–Crippen LogP) is 3.15. The maximum Gasteiger partial charge on any atom is 0.0593 e. The maximum absolute atomic E-state index is 5.76. The number of rotatable bonds is 9. The zero-order valence-corrected chi connectivity index (χ0v) is 14.3. The molecule has 1 heterocycles. The molecule has 0 aliphatic carbocycles. The Morgan fingerprint density at radius 2 is 1.95 bits per heavy atom. The van der Waals surface area contributed by atoms with Crippen LogP contribution in [0.3, 0.4) is 0 Å². The molecule has 0 aromatic rings. The minimum atomic E-state index is 0.633. The molecule has 20 heavy (non-hydrogen) atoms. The van der Waals surface area contributed by atoms with Gasteiger partial charge in [-0.2, -0.15) is 0 Å². The third-order valence-electron chi connectivity index (χ3n) is 4.28. The van der Waals surface area contributed by atoms with Crippen LogP contribution in [0.1, 0.15) is 53.9 Å². The summed E-state index contributed by atoms with van der Waals surface area (Å²) in [6.07, 6.45) is 3.69. The minimum Gasteiger partial charge on any atom is -0.380 e. The highest BCUT2D eigenvalue weighted by atomic mass is 16.5. The standard InChI is InChI=1S/C17H36N2O/c1-6-7-9-20-10-8-19-13-17(15(4)5)18-12-16(19)11-14(2)3/h14-18H,6-13H2,1-5H3. The topological polar surface area (TPSA) is 24.5 Å². The first-order chi connectivity index (χ1) is 9.54. The molecule has 3 heteroatoms. The van der Waals surface area contributed by atoms with Crippen molar-refractivity contribution < 1.29 is 4.74 Å². The molecule has 1 aliphatic heterocycles. The van der Waals surface area contributed by atoms with E-state index in [0.29, 0.717) is 18.0 Å². The highest BCUT2D eigenvalue weighted by Crippen LogP contribution is 2.18. The van der Waals surface area contributed by atoms with Crippen LogP contribution in [0.25, 0.3) is 0 Å². The molecule has 1 saturated heterocycles. The molecule has 0 saturated carbocycles. The van der Waals surface area contributed by atoms with Gasteiger partial charge in [-0.25, -0.2) is 0 Å². The SMILES string of the molecule is CCCCOCCN1CC(C(C)C)NCC1CC(C)C. The first-order valence-electron chi connectivity index (χ1n) is 8.59. The fourth-order valence-electron chi connectivity index (χ4n) is 2.91. The number of piperazine rings is 1. The number of unbranched alkanes of at least 4 members (excludes halogenated alkanes) is 1. The van der Waals surface area contributed by atoms with Crippen LogP contribution in [0.5, 0.6) is 0 Å². The molecule has 1 fully saturated rings. The Kier molecular flexibility index (Phi) is 8.74. The summed E-state index contributed by atoms with van der Waals surface area (Å²) < 4.78 is 5.76. The van der Waals surface area contributed by atoms with Gasteiger partial charge in [-0.3, -0.25) is 4.90 Å². The van der Waals surface area contributed by atoms with Gasteiger partial charge in [-0.05, 0) is 24.7 Å². The molecule has 3 nitrogen and oxygen atoms in total. The fraction of sp³-hybridized carbons (Fsp3) is 1.00. The summed E-state index contributed by atoms with van der Waals surface area (Å²) in [6, 6.07) is 1.31. The van der Waals surface area contributed by atoms with Gasteiger partial charge < -0.3 is 10.1 Å². The largest absolute Gasteiger partial charge is 0.380 e. The molecule has 1 aliphatic rings. The van der Waals surface area contributed by atoms with Gasteiger partial charge in [0.1, 0.15) is 0 Å². The van der Waals surface area contributed by atoms with Gasteiger partial charge in [-0.1, -0.05) is 41.0 Å². The van der Waals surface area contributed by atoms with Crippen molar-refractivity contribution >= 4 is 0 Å². The van der Waals surface area contributed by atoms with Gasteiger partial charge in [0.05, 0.1) is 6.61 Å². The Morgan fingerprint density at radius 1 is 1.20 bits per heavy atom. The third kappa shape index (κ3) is 6.55. The molecule has 0 spiro atoms. The second-order valence-corrected chi connectivity index (χ2v) is 7.00. The number of nitrogens with zero attached hydrogens (tertiary/aromatic N) is 1. The maximum atomic E-state index is 5.76. The Morgan fingerprint density at radius 3 is 2.55 bits per heavy atom. The summed E-state index contributed by atoms with van der Waals surface area (Å²) in [5.41, 5.74) is 0. The van der Waals surface area contributed by atoms with Crippen molar-refractivity contribution in [2.24, 2.45) is 11.8 Å². The normalized spacial score (nSPS) is 24.8. The van der Waals surface area contributed by atoms with Crippen LogP contribution in [0.4, 0.5) is 0 Å². The fourth-order valence-corrected chi connectivity index (χ4v) is 2.91. The van der Waals surface area contributed by atoms with E-state index < -0.39 is 0 Å². The van der Waals surface area contributed by atoms with Crippen LogP contribution < -0.4 is 5.32 Å². The van der Waals surface area contributed by atoms with E-state index in [9.17, 15) is 0 Å².